The van der Waals surface area contributed by atoms with Crippen LogP contribution in [0.1, 0.15) is 12.5 Å². The predicted octanol–water partition coefficient (Wildman–Crippen LogP) is 3.03. The van der Waals surface area contributed by atoms with Crippen molar-refractivity contribution in [2.45, 2.75) is 13.5 Å². The van der Waals surface area contributed by atoms with Gasteiger partial charge in [-0.05, 0) is 43.2 Å². The molecule has 6 N–H and O–H groups in total. The van der Waals surface area contributed by atoms with Crippen molar-refractivity contribution >= 4 is 23.1 Å². The van der Waals surface area contributed by atoms with Gasteiger partial charge in [0.2, 0.25) is 0 Å². The van der Waals surface area contributed by atoms with E-state index in [-0.39, 0.29) is 35.4 Å². The number of hydroxylamine groups is 1. The first-order chi connectivity index (χ1) is 13.9. The van der Waals surface area contributed by atoms with Gasteiger partial charge in [-0.25, -0.2) is 13.8 Å². The Bertz CT molecular complexity index is 837. The standard InChI is InChI=1S/C18H19F2N3O3.C2H6S.2H2O/c1-3-26-17-8-12(4-5-16(17)25-2)11-23(24)18-14(20)9-13(19)10-15(18)22-7-6-21;1-3-2;;/h4-5,8-10,22,24H,3,7,11H2,1-2H3;1-2H3;2*1H2. The van der Waals surface area contributed by atoms with Crippen molar-refractivity contribution in [3.05, 3.63) is 47.5 Å². The van der Waals surface area contributed by atoms with Crippen LogP contribution in [0.2, 0.25) is 0 Å². The summed E-state index contributed by atoms with van der Waals surface area (Å²) >= 11 is 1.75. The van der Waals surface area contributed by atoms with Crippen molar-refractivity contribution in [3.8, 4) is 17.6 Å². The van der Waals surface area contributed by atoms with Gasteiger partial charge in [-0.1, -0.05) is 6.07 Å². The topological polar surface area (TPSA) is 141 Å². The highest BCUT2D eigenvalue weighted by atomic mass is 32.2. The number of nitriles is 1. The minimum Gasteiger partial charge on any atom is -0.493 e. The van der Waals surface area contributed by atoms with E-state index in [0.717, 1.165) is 6.07 Å². The normalized spacial score (nSPS) is 9.10. The zero-order valence-electron chi connectivity index (χ0n) is 17.8. The molecule has 0 spiro atoms. The van der Waals surface area contributed by atoms with Crippen molar-refractivity contribution < 1.29 is 34.4 Å². The lowest BCUT2D eigenvalue weighted by atomic mass is 10.1. The number of rotatable bonds is 8. The number of benzene rings is 2. The first kappa shape index (κ1) is 30.4. The highest BCUT2D eigenvalue weighted by Crippen LogP contribution is 2.32. The lowest BCUT2D eigenvalue weighted by Gasteiger charge is -2.22. The average molecular weight is 462 g/mol. The number of hydrogen-bond acceptors (Lipinski definition) is 7. The van der Waals surface area contributed by atoms with E-state index in [1.807, 2.05) is 25.5 Å². The molecule has 11 heteroatoms. The second-order valence-electron chi connectivity index (χ2n) is 5.68. The van der Waals surface area contributed by atoms with Crippen LogP contribution in [0.25, 0.3) is 0 Å². The highest BCUT2D eigenvalue weighted by molar-refractivity contribution is 7.97. The summed E-state index contributed by atoms with van der Waals surface area (Å²) in [7, 11) is 1.51. The van der Waals surface area contributed by atoms with Crippen LogP contribution in [-0.2, 0) is 6.54 Å². The van der Waals surface area contributed by atoms with E-state index < -0.39 is 11.6 Å². The Morgan fingerprint density at radius 2 is 1.81 bits per heavy atom. The number of halogens is 2. The van der Waals surface area contributed by atoms with Gasteiger partial charge in [0.25, 0.3) is 0 Å². The number of thioether (sulfide) groups is 1. The first-order valence-electron chi connectivity index (χ1n) is 8.67. The summed E-state index contributed by atoms with van der Waals surface area (Å²) in [6.45, 7) is 2.00. The molecule has 0 heterocycles. The maximum atomic E-state index is 14.2. The molecule has 0 fully saturated rings. The van der Waals surface area contributed by atoms with E-state index >= 15 is 0 Å². The number of nitrogens with zero attached hydrogens (tertiary/aromatic N) is 2. The molecule has 0 unspecified atom stereocenters. The fourth-order valence-electron chi connectivity index (χ4n) is 2.44. The maximum absolute atomic E-state index is 14.2. The lowest BCUT2D eigenvalue weighted by molar-refractivity contribution is 0.246. The first-order valence-corrected chi connectivity index (χ1v) is 10.3. The molecule has 2 aromatic carbocycles. The average Bonchev–Trinajstić information content (AvgIpc) is 2.67. The second-order valence-corrected chi connectivity index (χ2v) is 6.50. The van der Waals surface area contributed by atoms with Crippen LogP contribution in [0.5, 0.6) is 11.5 Å². The fraction of sp³-hybridized carbons (Fsp3) is 0.350. The van der Waals surface area contributed by atoms with Crippen LogP contribution in [0, 0.1) is 23.0 Å². The molecule has 0 aliphatic carbocycles. The van der Waals surface area contributed by atoms with E-state index in [0.29, 0.717) is 34.8 Å². The molecular formula is C20H29F2N3O5S. The number of nitrogens with one attached hydrogen (secondary N) is 1. The number of anilines is 2. The largest absolute Gasteiger partial charge is 0.493 e. The summed E-state index contributed by atoms with van der Waals surface area (Å²) in [6, 6.07) is 8.52. The third-order valence-electron chi connectivity index (χ3n) is 3.50. The zero-order valence-corrected chi connectivity index (χ0v) is 18.6. The number of hydrogen-bond donors (Lipinski definition) is 2. The zero-order chi connectivity index (χ0) is 21.8. The summed E-state index contributed by atoms with van der Waals surface area (Å²) in [4.78, 5) is 0. The Kier molecular flexibility index (Phi) is 15.7. The Morgan fingerprint density at radius 3 is 2.35 bits per heavy atom. The van der Waals surface area contributed by atoms with Gasteiger partial charge in [0.05, 0.1) is 32.0 Å². The minimum absolute atomic E-state index is 0. The van der Waals surface area contributed by atoms with Gasteiger partial charge in [0.15, 0.2) is 17.3 Å². The van der Waals surface area contributed by atoms with E-state index in [4.69, 9.17) is 14.7 Å². The second kappa shape index (κ2) is 16.0. The SMILES string of the molecule is CCOc1cc(CN(O)c2c(F)cc(F)cc2NCC#N)ccc1OC.CSC.O.O. The molecule has 0 aliphatic rings. The third kappa shape index (κ3) is 9.27. The number of methoxy groups -OCH3 is 1. The van der Waals surface area contributed by atoms with Crippen LogP contribution < -0.4 is 19.9 Å². The van der Waals surface area contributed by atoms with Crippen molar-refractivity contribution in [1.29, 1.82) is 5.26 Å². The van der Waals surface area contributed by atoms with Crippen molar-refractivity contribution in [2.24, 2.45) is 0 Å². The quantitative estimate of drug-likeness (QED) is 0.455. The van der Waals surface area contributed by atoms with Crippen LogP contribution >= 0.6 is 11.8 Å². The molecule has 2 aromatic rings. The predicted molar refractivity (Wildman–Crippen MR) is 119 cm³/mol. The van der Waals surface area contributed by atoms with E-state index in [2.05, 4.69) is 5.32 Å². The highest BCUT2D eigenvalue weighted by Gasteiger charge is 2.18. The van der Waals surface area contributed by atoms with Gasteiger partial charge < -0.3 is 25.7 Å². The van der Waals surface area contributed by atoms with Gasteiger partial charge in [-0.3, -0.25) is 5.21 Å². The Hall–Kier alpha value is -2.78. The maximum Gasteiger partial charge on any atom is 0.161 e. The summed E-state index contributed by atoms with van der Waals surface area (Å²) in [5.74, 6) is -0.748. The van der Waals surface area contributed by atoms with E-state index in [9.17, 15) is 14.0 Å². The molecule has 0 bridgehead atoms. The molecule has 0 saturated heterocycles. The Morgan fingerprint density at radius 1 is 1.16 bits per heavy atom. The molecule has 0 aliphatic heterocycles. The van der Waals surface area contributed by atoms with Gasteiger partial charge in [-0.15, -0.1) is 0 Å². The van der Waals surface area contributed by atoms with Crippen molar-refractivity contribution in [3.63, 3.8) is 0 Å². The molecule has 2 rings (SSSR count). The van der Waals surface area contributed by atoms with Crippen LogP contribution in [0.4, 0.5) is 20.2 Å². The molecule has 0 aromatic heterocycles. The lowest BCUT2D eigenvalue weighted by Crippen LogP contribution is -2.21. The summed E-state index contributed by atoms with van der Waals surface area (Å²) in [6.07, 6.45) is 4.08. The van der Waals surface area contributed by atoms with E-state index in [1.54, 1.807) is 30.0 Å². The smallest absolute Gasteiger partial charge is 0.161 e. The number of ether oxygens (including phenoxy) is 2. The summed E-state index contributed by atoms with van der Waals surface area (Å²) in [5, 5.41) is 22.2. The van der Waals surface area contributed by atoms with Gasteiger partial charge in [0, 0.05) is 6.07 Å². The summed E-state index contributed by atoms with van der Waals surface area (Å²) < 4.78 is 38.3. The Balaban J connectivity index is 0. The molecule has 0 atom stereocenters. The molecule has 31 heavy (non-hydrogen) atoms. The van der Waals surface area contributed by atoms with Gasteiger partial charge in [0.1, 0.15) is 18.0 Å². The molecule has 0 amide bonds. The molecular weight excluding hydrogens is 432 g/mol. The van der Waals surface area contributed by atoms with Gasteiger partial charge in [-0.2, -0.15) is 17.0 Å². The molecule has 174 valence electrons. The van der Waals surface area contributed by atoms with Crippen LogP contribution in [-0.4, -0.2) is 48.9 Å². The Labute approximate surface area is 185 Å². The summed E-state index contributed by atoms with van der Waals surface area (Å²) in [5.41, 5.74) is 0.340. The monoisotopic (exact) mass is 461 g/mol. The molecule has 0 radical (unpaired) electrons. The van der Waals surface area contributed by atoms with Crippen LogP contribution in [0.3, 0.4) is 0 Å². The molecule has 8 nitrogen and oxygen atoms in total. The third-order valence-corrected chi connectivity index (χ3v) is 3.50. The van der Waals surface area contributed by atoms with E-state index in [1.165, 1.54) is 7.11 Å². The van der Waals surface area contributed by atoms with Crippen molar-refractivity contribution in [2.75, 3.05) is 43.2 Å². The van der Waals surface area contributed by atoms with Gasteiger partial charge >= 0.3 is 0 Å². The minimum atomic E-state index is -0.952. The van der Waals surface area contributed by atoms with Crippen molar-refractivity contribution in [1.82, 2.24) is 0 Å². The molecule has 0 saturated carbocycles. The van der Waals surface area contributed by atoms with Crippen LogP contribution in [0.15, 0.2) is 30.3 Å². The fourth-order valence-corrected chi connectivity index (χ4v) is 2.44.